The van der Waals surface area contributed by atoms with Gasteiger partial charge in [0.15, 0.2) is 0 Å². The van der Waals surface area contributed by atoms with Gasteiger partial charge >= 0.3 is 5.97 Å². The minimum Gasteiger partial charge on any atom is -0.465 e. The standard InChI is InChI=1S/C14H18N2O3/c1-14(2)6-9-11(13(18)19-3)10-8(16(9)7-14)4-5-15-12(10)17/h4-7H2,1-3H3,(H,15,17). The third kappa shape index (κ3) is 1.68. The van der Waals surface area contributed by atoms with E-state index in [1.807, 2.05) is 0 Å². The number of nitrogens with one attached hydrogen (secondary N) is 1. The molecular weight excluding hydrogens is 244 g/mol. The molecule has 0 aromatic carbocycles. The molecule has 0 unspecified atom stereocenters. The SMILES string of the molecule is COC(=O)c1c2c(n3c1CC(C)(C)C3)CCNC2=O. The summed E-state index contributed by atoms with van der Waals surface area (Å²) in [4.78, 5) is 24.1. The van der Waals surface area contributed by atoms with Crippen molar-refractivity contribution in [2.45, 2.75) is 33.2 Å². The molecule has 0 bridgehead atoms. The Bertz CT molecular complexity index is 584. The Morgan fingerprint density at radius 3 is 2.79 bits per heavy atom. The van der Waals surface area contributed by atoms with Crippen molar-refractivity contribution >= 4 is 11.9 Å². The number of rotatable bonds is 1. The summed E-state index contributed by atoms with van der Waals surface area (Å²) in [6.07, 6.45) is 1.58. The Balaban J connectivity index is 2.23. The molecule has 0 saturated carbocycles. The maximum absolute atomic E-state index is 12.1. The first-order valence-corrected chi connectivity index (χ1v) is 6.55. The predicted octanol–water partition coefficient (Wildman–Crippen LogP) is 1.14. The Labute approximate surface area is 111 Å². The molecule has 2 aliphatic rings. The van der Waals surface area contributed by atoms with Crippen LogP contribution in [0.2, 0.25) is 0 Å². The molecule has 0 atom stereocenters. The van der Waals surface area contributed by atoms with Gasteiger partial charge in [-0.3, -0.25) is 4.79 Å². The quantitative estimate of drug-likeness (QED) is 0.772. The molecule has 5 nitrogen and oxygen atoms in total. The van der Waals surface area contributed by atoms with Crippen molar-refractivity contribution in [2.24, 2.45) is 5.41 Å². The third-order valence-corrected chi connectivity index (χ3v) is 3.97. The number of nitrogens with zero attached hydrogens (tertiary/aromatic N) is 1. The van der Waals surface area contributed by atoms with Gasteiger partial charge in [0.05, 0.1) is 18.2 Å². The second-order valence-electron chi connectivity index (χ2n) is 6.07. The van der Waals surface area contributed by atoms with Crippen LogP contribution in [0, 0.1) is 5.41 Å². The molecule has 5 heteroatoms. The summed E-state index contributed by atoms with van der Waals surface area (Å²) < 4.78 is 7.02. The molecule has 19 heavy (non-hydrogen) atoms. The van der Waals surface area contributed by atoms with Crippen LogP contribution in [0.25, 0.3) is 0 Å². The van der Waals surface area contributed by atoms with E-state index in [4.69, 9.17) is 4.74 Å². The average molecular weight is 262 g/mol. The van der Waals surface area contributed by atoms with Crippen LogP contribution < -0.4 is 5.32 Å². The number of carbonyl (C=O) groups is 2. The molecule has 0 fully saturated rings. The summed E-state index contributed by atoms with van der Waals surface area (Å²) in [7, 11) is 1.36. The number of aromatic nitrogens is 1. The fourth-order valence-corrected chi connectivity index (χ4v) is 3.24. The molecule has 1 N–H and O–H groups in total. The number of methoxy groups -OCH3 is 1. The van der Waals surface area contributed by atoms with Crippen LogP contribution in [0.4, 0.5) is 0 Å². The van der Waals surface area contributed by atoms with Crippen LogP contribution in [0.15, 0.2) is 0 Å². The van der Waals surface area contributed by atoms with Gasteiger partial charge in [-0.15, -0.1) is 0 Å². The van der Waals surface area contributed by atoms with E-state index in [9.17, 15) is 9.59 Å². The molecule has 3 rings (SSSR count). The Kier molecular flexibility index (Phi) is 2.49. The van der Waals surface area contributed by atoms with E-state index in [-0.39, 0.29) is 11.3 Å². The number of hydrogen-bond acceptors (Lipinski definition) is 3. The van der Waals surface area contributed by atoms with Gasteiger partial charge in [-0.05, 0) is 11.8 Å². The van der Waals surface area contributed by atoms with E-state index in [2.05, 4.69) is 23.7 Å². The van der Waals surface area contributed by atoms with Gasteiger partial charge < -0.3 is 14.6 Å². The summed E-state index contributed by atoms with van der Waals surface area (Å²) in [6.45, 7) is 5.85. The molecule has 1 amide bonds. The monoisotopic (exact) mass is 262 g/mol. The Morgan fingerprint density at radius 1 is 1.37 bits per heavy atom. The summed E-state index contributed by atoms with van der Waals surface area (Å²) >= 11 is 0. The molecule has 3 heterocycles. The molecule has 1 aromatic heterocycles. The van der Waals surface area contributed by atoms with E-state index in [1.54, 1.807) is 0 Å². The van der Waals surface area contributed by atoms with Crippen molar-refractivity contribution in [1.82, 2.24) is 9.88 Å². The Morgan fingerprint density at radius 2 is 2.11 bits per heavy atom. The zero-order chi connectivity index (χ0) is 13.8. The van der Waals surface area contributed by atoms with Gasteiger partial charge in [-0.25, -0.2) is 4.79 Å². The van der Waals surface area contributed by atoms with Gasteiger partial charge in [-0.2, -0.15) is 0 Å². The topological polar surface area (TPSA) is 60.3 Å². The largest absolute Gasteiger partial charge is 0.465 e. The van der Waals surface area contributed by atoms with E-state index >= 15 is 0 Å². The maximum Gasteiger partial charge on any atom is 0.340 e. The molecule has 2 aliphatic heterocycles. The number of esters is 1. The fraction of sp³-hybridized carbons (Fsp3) is 0.571. The normalized spacial score (nSPS) is 19.6. The highest BCUT2D eigenvalue weighted by atomic mass is 16.5. The fourth-order valence-electron chi connectivity index (χ4n) is 3.24. The minimum absolute atomic E-state index is 0.126. The third-order valence-electron chi connectivity index (χ3n) is 3.97. The lowest BCUT2D eigenvalue weighted by atomic mass is 9.88. The van der Waals surface area contributed by atoms with Crippen molar-refractivity contribution in [3.63, 3.8) is 0 Å². The lowest BCUT2D eigenvalue weighted by Crippen LogP contribution is -2.34. The molecular formula is C14H18N2O3. The second kappa shape index (κ2) is 3.85. The van der Waals surface area contributed by atoms with Gasteiger partial charge in [-0.1, -0.05) is 13.8 Å². The van der Waals surface area contributed by atoms with E-state index in [0.717, 1.165) is 30.8 Å². The molecule has 0 saturated heterocycles. The molecule has 102 valence electrons. The first-order valence-electron chi connectivity index (χ1n) is 6.55. The lowest BCUT2D eigenvalue weighted by molar-refractivity contribution is 0.0595. The number of ether oxygens (including phenoxy) is 1. The lowest BCUT2D eigenvalue weighted by Gasteiger charge is -2.20. The highest BCUT2D eigenvalue weighted by molar-refractivity contribution is 6.08. The predicted molar refractivity (Wildman–Crippen MR) is 69.3 cm³/mol. The highest BCUT2D eigenvalue weighted by Gasteiger charge is 2.40. The minimum atomic E-state index is -0.403. The van der Waals surface area contributed by atoms with Crippen molar-refractivity contribution in [1.29, 1.82) is 0 Å². The van der Waals surface area contributed by atoms with E-state index in [1.165, 1.54) is 7.11 Å². The molecule has 0 radical (unpaired) electrons. The van der Waals surface area contributed by atoms with Gasteiger partial charge in [0, 0.05) is 30.9 Å². The van der Waals surface area contributed by atoms with Crippen LogP contribution in [0.3, 0.4) is 0 Å². The number of fused-ring (bicyclic) bond motifs is 3. The van der Waals surface area contributed by atoms with Gasteiger partial charge in [0.1, 0.15) is 0 Å². The maximum atomic E-state index is 12.1. The smallest absolute Gasteiger partial charge is 0.340 e. The number of carbonyl (C=O) groups excluding carboxylic acids is 2. The molecule has 0 spiro atoms. The summed E-state index contributed by atoms with van der Waals surface area (Å²) in [5.74, 6) is -0.555. The van der Waals surface area contributed by atoms with Crippen molar-refractivity contribution in [3.8, 4) is 0 Å². The highest BCUT2D eigenvalue weighted by Crippen LogP contribution is 2.39. The van der Waals surface area contributed by atoms with Crippen LogP contribution in [0.5, 0.6) is 0 Å². The summed E-state index contributed by atoms with van der Waals surface area (Å²) in [5.41, 5.74) is 3.08. The van der Waals surface area contributed by atoms with Gasteiger partial charge in [0.2, 0.25) is 0 Å². The van der Waals surface area contributed by atoms with Gasteiger partial charge in [0.25, 0.3) is 5.91 Å². The van der Waals surface area contributed by atoms with Crippen LogP contribution in [-0.2, 0) is 24.1 Å². The molecule has 0 aliphatic carbocycles. The van der Waals surface area contributed by atoms with Crippen LogP contribution >= 0.6 is 0 Å². The van der Waals surface area contributed by atoms with Crippen molar-refractivity contribution in [3.05, 3.63) is 22.5 Å². The number of hydrogen-bond donors (Lipinski definition) is 1. The Hall–Kier alpha value is -1.78. The van der Waals surface area contributed by atoms with E-state index < -0.39 is 5.97 Å². The second-order valence-corrected chi connectivity index (χ2v) is 6.07. The average Bonchev–Trinajstić information content (AvgIpc) is 2.80. The van der Waals surface area contributed by atoms with Crippen molar-refractivity contribution in [2.75, 3.05) is 13.7 Å². The first kappa shape index (κ1) is 12.3. The van der Waals surface area contributed by atoms with E-state index in [0.29, 0.717) is 17.7 Å². The zero-order valence-electron chi connectivity index (χ0n) is 11.5. The molecule has 1 aromatic rings. The van der Waals surface area contributed by atoms with Crippen molar-refractivity contribution < 1.29 is 14.3 Å². The first-order chi connectivity index (χ1) is 8.94. The summed E-state index contributed by atoms with van der Waals surface area (Å²) in [6, 6.07) is 0. The van der Waals surface area contributed by atoms with Crippen LogP contribution in [-0.4, -0.2) is 30.1 Å². The number of amides is 1. The zero-order valence-corrected chi connectivity index (χ0v) is 11.5. The van der Waals surface area contributed by atoms with Crippen LogP contribution in [0.1, 0.15) is 46.0 Å². The summed E-state index contributed by atoms with van der Waals surface area (Å²) in [5, 5.41) is 2.81.